The number of hydrogen-bond donors (Lipinski definition) is 3. The second-order valence-corrected chi connectivity index (χ2v) is 16.5. The van der Waals surface area contributed by atoms with Crippen molar-refractivity contribution in [2.75, 3.05) is 7.11 Å². The lowest BCUT2D eigenvalue weighted by Crippen LogP contribution is -2.57. The van der Waals surface area contributed by atoms with Crippen LogP contribution in [0.25, 0.3) is 0 Å². The normalized spacial score (nSPS) is 50.9. The molecule has 0 amide bonds. The fourth-order valence-electron chi connectivity index (χ4n) is 10.2. The minimum absolute atomic E-state index is 0.0791. The quantitative estimate of drug-likeness (QED) is 0.267. The highest BCUT2D eigenvalue weighted by atomic mass is 16.7. The number of aliphatic hydroxyl groups is 2. The number of methoxy groups -OCH3 is 1. The Bertz CT molecular complexity index is 1110. The van der Waals surface area contributed by atoms with Crippen LogP contribution in [0.4, 0.5) is 0 Å². The van der Waals surface area contributed by atoms with Gasteiger partial charge < -0.3 is 43.7 Å². The van der Waals surface area contributed by atoms with E-state index in [1.54, 1.807) is 6.92 Å². The van der Waals surface area contributed by atoms with Gasteiger partial charge in [0.1, 0.15) is 0 Å². The molecule has 0 aliphatic carbocycles. The fourth-order valence-corrected chi connectivity index (χ4v) is 10.2. The lowest BCUT2D eigenvalue weighted by molar-refractivity contribution is -0.336. The number of aliphatic carboxylic acids is 1. The SMILES string of the molecule is CCC1(O)OC(C2CC(C)C(C3(CC)CCC(C4(C)CCC5(CC(O)C(C)C(C(C)C(OC)C(C)C(=O)O)O5)O4)O3)O2)C(C)CC1C. The topological polar surface area (TPSA) is 133 Å². The molecule has 5 saturated heterocycles. The first-order valence-corrected chi connectivity index (χ1v) is 18.5. The van der Waals surface area contributed by atoms with Crippen molar-refractivity contribution in [2.24, 2.45) is 35.5 Å². The van der Waals surface area contributed by atoms with E-state index in [4.69, 9.17) is 28.4 Å². The van der Waals surface area contributed by atoms with E-state index in [1.807, 2.05) is 20.8 Å². The third-order valence-corrected chi connectivity index (χ3v) is 13.3. The maximum Gasteiger partial charge on any atom is 0.308 e. The summed E-state index contributed by atoms with van der Waals surface area (Å²) in [5.41, 5.74) is -1.07. The lowest BCUT2D eigenvalue weighted by atomic mass is 9.78. The smallest absolute Gasteiger partial charge is 0.308 e. The van der Waals surface area contributed by atoms with Crippen molar-refractivity contribution >= 4 is 5.97 Å². The summed E-state index contributed by atoms with van der Waals surface area (Å²) in [6.07, 6.45) is 4.38. The van der Waals surface area contributed by atoms with Gasteiger partial charge in [-0.25, -0.2) is 0 Å². The zero-order chi connectivity index (χ0) is 34.7. The van der Waals surface area contributed by atoms with E-state index in [9.17, 15) is 20.1 Å². The summed E-state index contributed by atoms with van der Waals surface area (Å²) in [5, 5.41) is 32.2. The molecule has 17 unspecified atom stereocenters. The molecule has 5 rings (SSSR count). The first-order valence-electron chi connectivity index (χ1n) is 18.5. The standard InChI is InChI=1S/C37H64O10/c1-11-35(32-21(4)18-27(43-32)29-20(3)17-22(5)37(41,12-2)46-29)14-13-28(44-35)34(9)15-16-36(47-34)19-26(38)23(6)31(45-36)24(7)30(42-10)25(8)33(39)40/h20-32,38,41H,11-19H2,1-10H3,(H,39,40). The Kier molecular flexibility index (Phi) is 10.9. The fraction of sp³-hybridized carbons (Fsp3) is 0.973. The first-order chi connectivity index (χ1) is 22.0. The van der Waals surface area contributed by atoms with Crippen molar-refractivity contribution in [3.05, 3.63) is 0 Å². The van der Waals surface area contributed by atoms with Gasteiger partial charge in [-0.2, -0.15) is 0 Å². The maximum absolute atomic E-state index is 11.8. The summed E-state index contributed by atoms with van der Waals surface area (Å²) in [6, 6.07) is 0. The molecule has 10 nitrogen and oxygen atoms in total. The molecule has 1 spiro atoms. The van der Waals surface area contributed by atoms with E-state index in [0.717, 1.165) is 38.5 Å². The molecular weight excluding hydrogens is 604 g/mol. The van der Waals surface area contributed by atoms with Gasteiger partial charge in [0.05, 0.1) is 59.8 Å². The third-order valence-electron chi connectivity index (χ3n) is 13.3. The number of ether oxygens (including phenoxy) is 6. The average molecular weight is 669 g/mol. The summed E-state index contributed by atoms with van der Waals surface area (Å²) in [7, 11) is 1.53. The number of rotatable bonds is 10. The summed E-state index contributed by atoms with van der Waals surface area (Å²) in [4.78, 5) is 11.8. The predicted molar refractivity (Wildman–Crippen MR) is 176 cm³/mol. The van der Waals surface area contributed by atoms with E-state index < -0.39 is 53.0 Å². The molecule has 3 N–H and O–H groups in total. The van der Waals surface area contributed by atoms with Gasteiger partial charge >= 0.3 is 5.97 Å². The van der Waals surface area contributed by atoms with Gasteiger partial charge in [-0.15, -0.1) is 0 Å². The highest BCUT2D eigenvalue weighted by Gasteiger charge is 2.62. The van der Waals surface area contributed by atoms with E-state index in [1.165, 1.54) is 7.11 Å². The number of carboxylic acid groups (broad SMARTS) is 1. The number of carbonyl (C=O) groups is 1. The first kappa shape index (κ1) is 37.4. The lowest BCUT2D eigenvalue weighted by Gasteiger charge is -2.49. The Morgan fingerprint density at radius 3 is 2.30 bits per heavy atom. The predicted octanol–water partition coefficient (Wildman–Crippen LogP) is 5.69. The molecule has 0 saturated carbocycles. The van der Waals surface area contributed by atoms with Gasteiger partial charge in [0.2, 0.25) is 0 Å². The van der Waals surface area contributed by atoms with Crippen LogP contribution in [0.1, 0.15) is 120 Å². The second kappa shape index (κ2) is 13.7. The van der Waals surface area contributed by atoms with Crippen molar-refractivity contribution in [1.29, 1.82) is 0 Å². The molecule has 17 atom stereocenters. The van der Waals surface area contributed by atoms with E-state index in [-0.39, 0.29) is 54.0 Å². The minimum Gasteiger partial charge on any atom is -0.481 e. The van der Waals surface area contributed by atoms with E-state index >= 15 is 0 Å². The van der Waals surface area contributed by atoms with Crippen molar-refractivity contribution in [2.45, 2.75) is 186 Å². The Morgan fingerprint density at radius 2 is 1.68 bits per heavy atom. The molecule has 10 heteroatoms. The Hall–Kier alpha value is -0.850. The van der Waals surface area contributed by atoms with Crippen LogP contribution in [0, 0.1) is 35.5 Å². The number of carboxylic acids is 1. The van der Waals surface area contributed by atoms with Crippen LogP contribution in [-0.4, -0.2) is 93.9 Å². The zero-order valence-electron chi connectivity index (χ0n) is 30.6. The molecule has 5 heterocycles. The molecular formula is C37H64O10. The molecule has 47 heavy (non-hydrogen) atoms. The maximum atomic E-state index is 11.8. The molecule has 0 radical (unpaired) electrons. The zero-order valence-corrected chi connectivity index (χ0v) is 30.6. The highest BCUT2D eigenvalue weighted by Crippen LogP contribution is 2.55. The summed E-state index contributed by atoms with van der Waals surface area (Å²) < 4.78 is 39.8. The van der Waals surface area contributed by atoms with Gasteiger partial charge in [0.15, 0.2) is 11.6 Å². The second-order valence-electron chi connectivity index (χ2n) is 16.5. The highest BCUT2D eigenvalue weighted by molar-refractivity contribution is 5.70. The van der Waals surface area contributed by atoms with Gasteiger partial charge in [-0.05, 0) is 70.6 Å². The molecule has 272 valence electrons. The Morgan fingerprint density at radius 1 is 0.979 bits per heavy atom. The minimum atomic E-state index is -1.12. The van der Waals surface area contributed by atoms with Gasteiger partial charge in [-0.3, -0.25) is 4.79 Å². The van der Waals surface area contributed by atoms with Crippen LogP contribution in [0.15, 0.2) is 0 Å². The van der Waals surface area contributed by atoms with Crippen molar-refractivity contribution in [3.63, 3.8) is 0 Å². The number of hydrogen-bond acceptors (Lipinski definition) is 9. The molecule has 0 aromatic carbocycles. The molecule has 5 fully saturated rings. The van der Waals surface area contributed by atoms with Crippen molar-refractivity contribution in [1.82, 2.24) is 0 Å². The Labute approximate surface area is 282 Å². The van der Waals surface area contributed by atoms with E-state index in [0.29, 0.717) is 19.3 Å². The van der Waals surface area contributed by atoms with Crippen LogP contribution >= 0.6 is 0 Å². The van der Waals surface area contributed by atoms with Crippen molar-refractivity contribution in [3.8, 4) is 0 Å². The molecule has 0 bridgehead atoms. The summed E-state index contributed by atoms with van der Waals surface area (Å²) >= 11 is 0. The van der Waals surface area contributed by atoms with Crippen LogP contribution in [-0.2, 0) is 33.2 Å². The summed E-state index contributed by atoms with van der Waals surface area (Å²) in [5.74, 6) is -3.59. The van der Waals surface area contributed by atoms with Gasteiger partial charge in [0, 0.05) is 37.7 Å². The molecule has 5 aliphatic heterocycles. The largest absolute Gasteiger partial charge is 0.481 e. The monoisotopic (exact) mass is 668 g/mol. The molecule has 0 aromatic rings. The summed E-state index contributed by atoms with van der Waals surface area (Å²) in [6.45, 7) is 18.4. The number of aliphatic hydroxyl groups excluding tert-OH is 1. The van der Waals surface area contributed by atoms with Crippen LogP contribution in [0.5, 0.6) is 0 Å². The van der Waals surface area contributed by atoms with Gasteiger partial charge in [-0.1, -0.05) is 48.5 Å². The third kappa shape index (κ3) is 6.68. The van der Waals surface area contributed by atoms with E-state index in [2.05, 4.69) is 34.6 Å². The van der Waals surface area contributed by atoms with Gasteiger partial charge in [0.25, 0.3) is 0 Å². The molecule has 0 aromatic heterocycles. The van der Waals surface area contributed by atoms with Crippen LogP contribution < -0.4 is 0 Å². The molecule has 5 aliphatic rings. The van der Waals surface area contributed by atoms with Crippen LogP contribution in [0.2, 0.25) is 0 Å². The van der Waals surface area contributed by atoms with Crippen molar-refractivity contribution < 1.29 is 48.5 Å². The van der Waals surface area contributed by atoms with Crippen LogP contribution in [0.3, 0.4) is 0 Å². The Balaban J connectivity index is 1.29. The average Bonchev–Trinajstić information content (AvgIpc) is 3.73.